The molecule has 0 unspecified atom stereocenters. The SMILES string of the molecule is N[C@@H](Cc1cnc[nH]1)C(=O)NCCc1ccc(Cl)cc1. The van der Waals surface area contributed by atoms with Crippen molar-refractivity contribution in [1.82, 2.24) is 15.3 Å². The number of benzene rings is 1. The smallest absolute Gasteiger partial charge is 0.237 e. The number of nitrogens with two attached hydrogens (primary N) is 1. The molecular formula is C14H17ClN4O. The van der Waals surface area contributed by atoms with E-state index in [1.807, 2.05) is 24.3 Å². The van der Waals surface area contributed by atoms with Crippen LogP contribution in [-0.2, 0) is 17.6 Å². The van der Waals surface area contributed by atoms with E-state index in [2.05, 4.69) is 15.3 Å². The molecule has 1 aromatic carbocycles. The van der Waals surface area contributed by atoms with Crippen LogP contribution in [0, 0.1) is 0 Å². The summed E-state index contributed by atoms with van der Waals surface area (Å²) < 4.78 is 0. The van der Waals surface area contributed by atoms with Crippen LogP contribution in [0.3, 0.4) is 0 Å². The molecule has 5 nitrogen and oxygen atoms in total. The average Bonchev–Trinajstić information content (AvgIpc) is 2.93. The predicted molar refractivity (Wildman–Crippen MR) is 78.4 cm³/mol. The summed E-state index contributed by atoms with van der Waals surface area (Å²) in [6.07, 6.45) is 4.44. The van der Waals surface area contributed by atoms with Crippen molar-refractivity contribution in [3.8, 4) is 0 Å². The first kappa shape index (κ1) is 14.6. The van der Waals surface area contributed by atoms with Gasteiger partial charge < -0.3 is 16.0 Å². The lowest BCUT2D eigenvalue weighted by Crippen LogP contribution is -2.42. The van der Waals surface area contributed by atoms with E-state index in [0.717, 1.165) is 17.7 Å². The van der Waals surface area contributed by atoms with E-state index >= 15 is 0 Å². The molecule has 1 atom stereocenters. The van der Waals surface area contributed by atoms with Crippen molar-refractivity contribution in [2.45, 2.75) is 18.9 Å². The summed E-state index contributed by atoms with van der Waals surface area (Å²) in [5.41, 5.74) is 7.80. The van der Waals surface area contributed by atoms with E-state index < -0.39 is 6.04 Å². The van der Waals surface area contributed by atoms with Gasteiger partial charge in [0.05, 0.1) is 12.4 Å². The third-order valence-electron chi connectivity index (χ3n) is 2.96. The van der Waals surface area contributed by atoms with E-state index in [9.17, 15) is 4.79 Å². The van der Waals surface area contributed by atoms with Gasteiger partial charge in [-0.25, -0.2) is 4.98 Å². The summed E-state index contributed by atoms with van der Waals surface area (Å²) in [5.74, 6) is -0.159. The van der Waals surface area contributed by atoms with Crippen LogP contribution in [-0.4, -0.2) is 28.5 Å². The van der Waals surface area contributed by atoms with Crippen molar-refractivity contribution in [2.24, 2.45) is 5.73 Å². The van der Waals surface area contributed by atoms with E-state index in [-0.39, 0.29) is 5.91 Å². The zero-order valence-electron chi connectivity index (χ0n) is 11.0. The summed E-state index contributed by atoms with van der Waals surface area (Å²) in [6.45, 7) is 0.553. The summed E-state index contributed by atoms with van der Waals surface area (Å²) >= 11 is 5.81. The zero-order chi connectivity index (χ0) is 14.4. The van der Waals surface area contributed by atoms with Crippen molar-refractivity contribution >= 4 is 17.5 Å². The number of aromatic amines is 1. The Morgan fingerprint density at radius 1 is 1.40 bits per heavy atom. The number of hydrogen-bond donors (Lipinski definition) is 3. The molecule has 20 heavy (non-hydrogen) atoms. The topological polar surface area (TPSA) is 83.8 Å². The minimum absolute atomic E-state index is 0.159. The molecule has 4 N–H and O–H groups in total. The minimum Gasteiger partial charge on any atom is -0.354 e. The van der Waals surface area contributed by atoms with E-state index in [1.165, 1.54) is 0 Å². The van der Waals surface area contributed by atoms with Crippen LogP contribution in [0.25, 0.3) is 0 Å². The normalized spacial score (nSPS) is 12.1. The van der Waals surface area contributed by atoms with Crippen molar-refractivity contribution in [3.05, 3.63) is 53.1 Å². The minimum atomic E-state index is -0.569. The molecule has 0 spiro atoms. The maximum Gasteiger partial charge on any atom is 0.237 e. The Morgan fingerprint density at radius 2 is 2.15 bits per heavy atom. The third-order valence-corrected chi connectivity index (χ3v) is 3.21. The third kappa shape index (κ3) is 4.36. The first-order valence-electron chi connectivity index (χ1n) is 6.40. The number of carbonyl (C=O) groups excluding carboxylic acids is 1. The van der Waals surface area contributed by atoms with Crippen LogP contribution >= 0.6 is 11.6 Å². The molecule has 106 valence electrons. The van der Waals surface area contributed by atoms with Crippen LogP contribution in [0.15, 0.2) is 36.8 Å². The summed E-state index contributed by atoms with van der Waals surface area (Å²) in [4.78, 5) is 18.6. The number of nitrogens with zero attached hydrogens (tertiary/aromatic N) is 1. The molecule has 0 bridgehead atoms. The van der Waals surface area contributed by atoms with Gasteiger partial charge in [-0.3, -0.25) is 4.79 Å². The van der Waals surface area contributed by atoms with Crippen molar-refractivity contribution in [3.63, 3.8) is 0 Å². The predicted octanol–water partition coefficient (Wildman–Crippen LogP) is 1.29. The second-order valence-corrected chi connectivity index (χ2v) is 4.99. The van der Waals surface area contributed by atoms with Gasteiger partial charge in [-0.1, -0.05) is 23.7 Å². The molecule has 0 aliphatic rings. The highest BCUT2D eigenvalue weighted by Gasteiger charge is 2.13. The molecule has 0 aliphatic heterocycles. The lowest BCUT2D eigenvalue weighted by Gasteiger charge is -2.11. The lowest BCUT2D eigenvalue weighted by atomic mass is 10.1. The van der Waals surface area contributed by atoms with Gasteiger partial charge in [-0.2, -0.15) is 0 Å². The molecule has 0 aliphatic carbocycles. The molecule has 1 aromatic heterocycles. The fourth-order valence-electron chi connectivity index (χ4n) is 1.84. The highest BCUT2D eigenvalue weighted by atomic mass is 35.5. The van der Waals surface area contributed by atoms with Gasteiger partial charge in [0.2, 0.25) is 5.91 Å². The molecule has 0 saturated heterocycles. The monoisotopic (exact) mass is 292 g/mol. The lowest BCUT2D eigenvalue weighted by molar-refractivity contribution is -0.122. The van der Waals surface area contributed by atoms with Gasteiger partial charge >= 0.3 is 0 Å². The fraction of sp³-hybridized carbons (Fsp3) is 0.286. The zero-order valence-corrected chi connectivity index (χ0v) is 11.7. The maximum absolute atomic E-state index is 11.8. The number of rotatable bonds is 6. The number of halogens is 1. The Labute approximate surface area is 122 Å². The number of H-pyrrole nitrogens is 1. The average molecular weight is 293 g/mol. The summed E-state index contributed by atoms with van der Waals surface area (Å²) in [5, 5.41) is 3.53. The van der Waals surface area contributed by atoms with Gasteiger partial charge in [0.1, 0.15) is 0 Å². The van der Waals surface area contributed by atoms with Crippen molar-refractivity contribution < 1.29 is 4.79 Å². The van der Waals surface area contributed by atoms with Crippen LogP contribution in [0.1, 0.15) is 11.3 Å². The molecule has 0 radical (unpaired) electrons. The molecule has 1 amide bonds. The second kappa shape index (κ2) is 7.07. The standard InChI is InChI=1S/C14H17ClN4O/c15-11-3-1-10(2-4-11)5-6-18-14(20)13(16)7-12-8-17-9-19-12/h1-4,8-9,13H,5-7,16H2,(H,17,19)(H,18,20)/t13-/m0/s1. The van der Waals surface area contributed by atoms with Crippen LogP contribution in [0.5, 0.6) is 0 Å². The summed E-state index contributed by atoms with van der Waals surface area (Å²) in [6, 6.07) is 6.99. The second-order valence-electron chi connectivity index (χ2n) is 4.55. The van der Waals surface area contributed by atoms with E-state index in [4.69, 9.17) is 17.3 Å². The largest absolute Gasteiger partial charge is 0.354 e. The van der Waals surface area contributed by atoms with Crippen molar-refractivity contribution in [2.75, 3.05) is 6.54 Å². The van der Waals surface area contributed by atoms with Crippen molar-refractivity contribution in [1.29, 1.82) is 0 Å². The number of hydrogen-bond acceptors (Lipinski definition) is 3. The quantitative estimate of drug-likeness (QED) is 0.750. The van der Waals surface area contributed by atoms with E-state index in [0.29, 0.717) is 18.0 Å². The van der Waals surface area contributed by atoms with E-state index in [1.54, 1.807) is 12.5 Å². The van der Waals surface area contributed by atoms with Gasteiger partial charge in [0.25, 0.3) is 0 Å². The molecule has 2 rings (SSSR count). The highest BCUT2D eigenvalue weighted by Crippen LogP contribution is 2.09. The Balaban J connectivity index is 1.73. The van der Waals surface area contributed by atoms with Gasteiger partial charge in [0.15, 0.2) is 0 Å². The molecule has 2 aromatic rings. The Hall–Kier alpha value is -1.85. The Morgan fingerprint density at radius 3 is 2.80 bits per heavy atom. The van der Waals surface area contributed by atoms with Gasteiger partial charge in [-0.05, 0) is 24.1 Å². The molecule has 0 saturated carbocycles. The Kier molecular flexibility index (Phi) is 5.15. The summed E-state index contributed by atoms with van der Waals surface area (Å²) in [7, 11) is 0. The van der Waals surface area contributed by atoms with Crippen LogP contribution in [0.4, 0.5) is 0 Å². The molecular weight excluding hydrogens is 276 g/mol. The highest BCUT2D eigenvalue weighted by molar-refractivity contribution is 6.30. The molecule has 0 fully saturated rings. The number of amides is 1. The maximum atomic E-state index is 11.8. The number of carbonyl (C=O) groups is 1. The van der Waals surface area contributed by atoms with Gasteiger partial charge in [0, 0.05) is 29.9 Å². The van der Waals surface area contributed by atoms with Crippen LogP contribution < -0.4 is 11.1 Å². The van der Waals surface area contributed by atoms with Crippen LogP contribution in [0.2, 0.25) is 5.02 Å². The number of aromatic nitrogens is 2. The number of nitrogens with one attached hydrogen (secondary N) is 2. The molecule has 6 heteroatoms. The van der Waals surface area contributed by atoms with Gasteiger partial charge in [-0.15, -0.1) is 0 Å². The fourth-order valence-corrected chi connectivity index (χ4v) is 1.96. The number of imidazole rings is 1. The molecule has 1 heterocycles. The first-order valence-corrected chi connectivity index (χ1v) is 6.78. The Bertz CT molecular complexity index is 539. The first-order chi connectivity index (χ1) is 9.65.